The second-order valence-electron chi connectivity index (χ2n) is 4.98. The summed E-state index contributed by atoms with van der Waals surface area (Å²) in [7, 11) is 0. The summed E-state index contributed by atoms with van der Waals surface area (Å²) >= 11 is 11.7. The number of hydrogen-bond donors (Lipinski definition) is 2. The Hall–Kier alpha value is -2.70. The second kappa shape index (κ2) is 7.46. The lowest BCUT2D eigenvalue weighted by atomic mass is 10.2. The molecule has 0 saturated carbocycles. The highest BCUT2D eigenvalue weighted by atomic mass is 35.5. The summed E-state index contributed by atoms with van der Waals surface area (Å²) in [6.07, 6.45) is 2.67. The molecule has 0 atom stereocenters. The van der Waals surface area contributed by atoms with E-state index in [4.69, 9.17) is 23.2 Å². The molecule has 25 heavy (non-hydrogen) atoms. The van der Waals surface area contributed by atoms with Gasteiger partial charge in [-0.25, -0.2) is 14.4 Å². The van der Waals surface area contributed by atoms with Crippen LogP contribution in [0.4, 0.5) is 21.7 Å². The first-order valence-corrected chi connectivity index (χ1v) is 7.88. The number of anilines is 3. The third kappa shape index (κ3) is 4.23. The molecular formula is C17H11Cl2FN4O. The van der Waals surface area contributed by atoms with Crippen LogP contribution >= 0.6 is 23.2 Å². The molecule has 0 aliphatic carbocycles. The molecule has 0 unspecified atom stereocenters. The van der Waals surface area contributed by atoms with Gasteiger partial charge in [0.2, 0.25) is 5.95 Å². The minimum Gasteiger partial charge on any atom is -0.322 e. The number of halogens is 3. The van der Waals surface area contributed by atoms with Gasteiger partial charge in [-0.05, 0) is 30.3 Å². The lowest BCUT2D eigenvalue weighted by molar-refractivity contribution is 0.102. The number of nitrogens with zero attached hydrogens (tertiary/aromatic N) is 2. The maximum absolute atomic E-state index is 13.6. The molecule has 0 spiro atoms. The molecular weight excluding hydrogens is 366 g/mol. The van der Waals surface area contributed by atoms with Crippen molar-refractivity contribution in [3.8, 4) is 0 Å². The van der Waals surface area contributed by atoms with Gasteiger partial charge in [0.1, 0.15) is 5.82 Å². The molecule has 8 heteroatoms. The molecule has 1 aromatic heterocycles. The van der Waals surface area contributed by atoms with Gasteiger partial charge in [0.15, 0.2) is 0 Å². The summed E-state index contributed by atoms with van der Waals surface area (Å²) in [5, 5.41) is 6.13. The second-order valence-corrected chi connectivity index (χ2v) is 5.80. The van der Waals surface area contributed by atoms with Crippen LogP contribution in [0.3, 0.4) is 0 Å². The monoisotopic (exact) mass is 376 g/mol. The highest BCUT2D eigenvalue weighted by molar-refractivity contribution is 6.42. The minimum absolute atomic E-state index is 0.177. The van der Waals surface area contributed by atoms with Crippen molar-refractivity contribution in [1.82, 2.24) is 9.97 Å². The number of para-hydroxylation sites is 1. The Bertz CT molecular complexity index is 919. The van der Waals surface area contributed by atoms with Crippen LogP contribution in [0, 0.1) is 5.82 Å². The van der Waals surface area contributed by atoms with Crippen LogP contribution in [0.5, 0.6) is 0 Å². The summed E-state index contributed by atoms with van der Waals surface area (Å²) in [5.74, 6) is -0.653. The number of aromatic nitrogens is 2. The lowest BCUT2D eigenvalue weighted by Gasteiger charge is -2.08. The van der Waals surface area contributed by atoms with Crippen molar-refractivity contribution in [3.63, 3.8) is 0 Å². The Balaban J connectivity index is 1.70. The maximum Gasteiger partial charge on any atom is 0.258 e. The van der Waals surface area contributed by atoms with Crippen LogP contribution in [-0.2, 0) is 0 Å². The largest absolute Gasteiger partial charge is 0.322 e. The quantitative estimate of drug-likeness (QED) is 0.678. The third-order valence-electron chi connectivity index (χ3n) is 3.21. The first kappa shape index (κ1) is 17.1. The van der Waals surface area contributed by atoms with Crippen molar-refractivity contribution in [1.29, 1.82) is 0 Å². The van der Waals surface area contributed by atoms with E-state index in [1.807, 2.05) is 0 Å². The zero-order valence-corrected chi connectivity index (χ0v) is 14.1. The number of amides is 1. The predicted molar refractivity (Wildman–Crippen MR) is 96.1 cm³/mol. The van der Waals surface area contributed by atoms with Crippen LogP contribution in [0.25, 0.3) is 0 Å². The van der Waals surface area contributed by atoms with Crippen molar-refractivity contribution in [2.75, 3.05) is 10.6 Å². The minimum atomic E-state index is -0.424. The average Bonchev–Trinajstić information content (AvgIpc) is 2.61. The Kier molecular flexibility index (Phi) is 5.11. The highest BCUT2D eigenvalue weighted by Gasteiger charge is 2.10. The van der Waals surface area contributed by atoms with Crippen molar-refractivity contribution >= 4 is 46.4 Å². The fourth-order valence-electron chi connectivity index (χ4n) is 1.97. The van der Waals surface area contributed by atoms with E-state index in [0.717, 1.165) is 0 Å². The summed E-state index contributed by atoms with van der Waals surface area (Å²) in [6, 6.07) is 10.9. The van der Waals surface area contributed by atoms with Crippen molar-refractivity contribution in [2.45, 2.75) is 0 Å². The standard InChI is InChI=1S/C17H11Cl2FN4O/c18-12-6-5-11(7-13(12)19)23-16(25)10-8-21-17(22-9-10)24-15-4-2-1-3-14(15)20/h1-9H,(H,23,25)(H,21,22,24). The fraction of sp³-hybridized carbons (Fsp3) is 0. The normalized spacial score (nSPS) is 10.4. The molecule has 126 valence electrons. The van der Waals surface area contributed by atoms with Gasteiger partial charge >= 0.3 is 0 Å². The molecule has 1 heterocycles. The molecule has 0 fully saturated rings. The van der Waals surface area contributed by atoms with E-state index >= 15 is 0 Å². The van der Waals surface area contributed by atoms with Crippen molar-refractivity contribution in [2.24, 2.45) is 0 Å². The predicted octanol–water partition coefficient (Wildman–Crippen LogP) is 4.92. The number of rotatable bonds is 4. The Morgan fingerprint density at radius 2 is 1.72 bits per heavy atom. The molecule has 2 N–H and O–H groups in total. The first-order valence-electron chi connectivity index (χ1n) is 7.13. The Morgan fingerprint density at radius 3 is 2.40 bits per heavy atom. The number of carbonyl (C=O) groups is 1. The van der Waals surface area contributed by atoms with Crippen molar-refractivity contribution < 1.29 is 9.18 Å². The Morgan fingerprint density at radius 1 is 1.00 bits per heavy atom. The summed E-state index contributed by atoms with van der Waals surface area (Å²) < 4.78 is 13.6. The van der Waals surface area contributed by atoms with Gasteiger partial charge in [-0.1, -0.05) is 35.3 Å². The van der Waals surface area contributed by atoms with Gasteiger partial charge in [-0.15, -0.1) is 0 Å². The van der Waals surface area contributed by atoms with Gasteiger partial charge < -0.3 is 10.6 Å². The number of hydrogen-bond acceptors (Lipinski definition) is 4. The molecule has 3 rings (SSSR count). The van der Waals surface area contributed by atoms with E-state index in [9.17, 15) is 9.18 Å². The number of nitrogens with one attached hydrogen (secondary N) is 2. The van der Waals surface area contributed by atoms with Crippen LogP contribution in [0.2, 0.25) is 10.0 Å². The molecule has 2 aromatic carbocycles. The molecule has 0 radical (unpaired) electrons. The van der Waals surface area contributed by atoms with Crippen molar-refractivity contribution in [3.05, 3.63) is 76.3 Å². The van der Waals surface area contributed by atoms with Gasteiger partial charge in [-0.2, -0.15) is 0 Å². The molecule has 0 aliphatic rings. The maximum atomic E-state index is 13.6. The van der Waals surface area contributed by atoms with Crippen LogP contribution in [-0.4, -0.2) is 15.9 Å². The van der Waals surface area contributed by atoms with Gasteiger partial charge in [0.25, 0.3) is 5.91 Å². The van der Waals surface area contributed by atoms with E-state index in [1.54, 1.807) is 30.3 Å². The highest BCUT2D eigenvalue weighted by Crippen LogP contribution is 2.25. The molecule has 0 bridgehead atoms. The van der Waals surface area contributed by atoms with Crippen LogP contribution in [0.1, 0.15) is 10.4 Å². The fourth-order valence-corrected chi connectivity index (χ4v) is 2.27. The van der Waals surface area contributed by atoms with E-state index in [0.29, 0.717) is 15.7 Å². The zero-order chi connectivity index (χ0) is 17.8. The third-order valence-corrected chi connectivity index (χ3v) is 3.95. The van der Waals surface area contributed by atoms with Crippen LogP contribution < -0.4 is 10.6 Å². The van der Waals surface area contributed by atoms with Gasteiger partial charge in [0.05, 0.1) is 21.3 Å². The topological polar surface area (TPSA) is 66.9 Å². The van der Waals surface area contributed by atoms with E-state index in [2.05, 4.69) is 20.6 Å². The number of carbonyl (C=O) groups excluding carboxylic acids is 1. The SMILES string of the molecule is O=C(Nc1ccc(Cl)c(Cl)c1)c1cnc(Nc2ccccc2F)nc1. The smallest absolute Gasteiger partial charge is 0.258 e. The molecule has 0 saturated heterocycles. The molecule has 1 amide bonds. The average molecular weight is 377 g/mol. The van der Waals surface area contributed by atoms with E-state index in [-0.39, 0.29) is 17.2 Å². The van der Waals surface area contributed by atoms with Gasteiger partial charge in [-0.3, -0.25) is 4.79 Å². The molecule has 0 aliphatic heterocycles. The summed E-state index contributed by atoms with van der Waals surface area (Å²) in [5.41, 5.74) is 0.980. The lowest BCUT2D eigenvalue weighted by Crippen LogP contribution is -2.13. The first-order chi connectivity index (χ1) is 12.0. The van der Waals surface area contributed by atoms with Crippen LogP contribution in [0.15, 0.2) is 54.9 Å². The van der Waals surface area contributed by atoms with E-state index in [1.165, 1.54) is 24.5 Å². The van der Waals surface area contributed by atoms with E-state index < -0.39 is 11.7 Å². The summed E-state index contributed by atoms with van der Waals surface area (Å²) in [6.45, 7) is 0. The van der Waals surface area contributed by atoms with Gasteiger partial charge in [0, 0.05) is 18.1 Å². The summed E-state index contributed by atoms with van der Waals surface area (Å²) in [4.78, 5) is 20.2. The Labute approximate surface area is 152 Å². The molecule has 5 nitrogen and oxygen atoms in total. The zero-order valence-electron chi connectivity index (χ0n) is 12.6. The number of benzene rings is 2. The molecule has 3 aromatic rings.